The number of hydrogen-bond donors (Lipinski definition) is 1. The van der Waals surface area contributed by atoms with Crippen LogP contribution in [0.3, 0.4) is 0 Å². The van der Waals surface area contributed by atoms with Gasteiger partial charge in [-0.3, -0.25) is 4.90 Å². The van der Waals surface area contributed by atoms with E-state index in [-0.39, 0.29) is 0 Å². The van der Waals surface area contributed by atoms with Gasteiger partial charge in [-0.1, -0.05) is 57.0 Å². The van der Waals surface area contributed by atoms with Crippen LogP contribution < -0.4 is 10.6 Å². The van der Waals surface area contributed by atoms with Crippen molar-refractivity contribution in [3.63, 3.8) is 0 Å². The van der Waals surface area contributed by atoms with Gasteiger partial charge < -0.3 is 5.11 Å². The largest absolute Gasteiger partial charge is 0.507 e. The zero-order valence-electron chi connectivity index (χ0n) is 13.2. The quantitative estimate of drug-likeness (QED) is 0.875. The van der Waals surface area contributed by atoms with Crippen molar-refractivity contribution < 1.29 is 5.11 Å². The Morgan fingerprint density at radius 3 is 2.55 bits per heavy atom. The summed E-state index contributed by atoms with van der Waals surface area (Å²) in [5.41, 5.74) is 2.74. The van der Waals surface area contributed by atoms with Crippen molar-refractivity contribution in [3.8, 4) is 5.75 Å². The fourth-order valence-electron chi connectivity index (χ4n) is 3.06. The van der Waals surface area contributed by atoms with Gasteiger partial charge in [0.15, 0.2) is 0 Å². The standard InChI is InChI=1S/C19H24NOP/c1-15-9-10-18(22-19-8-4-3-7-17(19)21)16(13-15)14-20-11-5-2-6-12-20/h3-4,7-10,13,21-22H,2,5-6,11-12,14H2,1H3. The molecule has 1 atom stereocenters. The predicted octanol–water partition coefficient (Wildman–Crippen LogP) is 3.32. The minimum absolute atomic E-state index is 0.408. The maximum absolute atomic E-state index is 10.0. The minimum atomic E-state index is 0.408. The van der Waals surface area contributed by atoms with E-state index in [9.17, 15) is 5.11 Å². The second kappa shape index (κ2) is 7.26. The van der Waals surface area contributed by atoms with Crippen LogP contribution in [0.5, 0.6) is 5.75 Å². The number of aromatic hydroxyl groups is 1. The molecule has 2 nitrogen and oxygen atoms in total. The number of rotatable bonds is 4. The number of phenolic OH excluding ortho intramolecular Hbond substituents is 1. The van der Waals surface area contributed by atoms with Gasteiger partial charge >= 0.3 is 0 Å². The number of likely N-dealkylation sites (tertiary alicyclic amines) is 1. The van der Waals surface area contributed by atoms with Crippen LogP contribution in [0.4, 0.5) is 0 Å². The first-order valence-electron chi connectivity index (χ1n) is 8.09. The normalized spacial score (nSPS) is 16.4. The lowest BCUT2D eigenvalue weighted by Crippen LogP contribution is -2.30. The van der Waals surface area contributed by atoms with Crippen molar-refractivity contribution in [1.82, 2.24) is 4.90 Å². The summed E-state index contributed by atoms with van der Waals surface area (Å²) in [5.74, 6) is 0.408. The van der Waals surface area contributed by atoms with Crippen molar-refractivity contribution in [2.45, 2.75) is 32.7 Å². The van der Waals surface area contributed by atoms with Crippen LogP contribution in [0.25, 0.3) is 0 Å². The lowest BCUT2D eigenvalue weighted by atomic mass is 10.1. The highest BCUT2D eigenvalue weighted by Gasteiger charge is 2.13. The van der Waals surface area contributed by atoms with Crippen LogP contribution in [0.2, 0.25) is 0 Å². The number of para-hydroxylation sites is 1. The molecule has 0 saturated carbocycles. The van der Waals surface area contributed by atoms with Crippen LogP contribution in [0, 0.1) is 6.92 Å². The molecular formula is C19H24NOP. The number of aryl methyl sites for hydroxylation is 1. The molecule has 1 heterocycles. The molecule has 116 valence electrons. The summed E-state index contributed by atoms with van der Waals surface area (Å²) in [6.45, 7) is 5.63. The van der Waals surface area contributed by atoms with Crippen molar-refractivity contribution in [1.29, 1.82) is 0 Å². The molecule has 0 bridgehead atoms. The Morgan fingerprint density at radius 2 is 1.77 bits per heavy atom. The van der Waals surface area contributed by atoms with E-state index in [0.29, 0.717) is 14.3 Å². The molecule has 1 aliphatic heterocycles. The Kier molecular flexibility index (Phi) is 5.12. The molecule has 0 radical (unpaired) electrons. The maximum atomic E-state index is 10.0. The van der Waals surface area contributed by atoms with Gasteiger partial charge in [0, 0.05) is 11.8 Å². The highest BCUT2D eigenvalue weighted by molar-refractivity contribution is 7.55. The number of phenols is 1. The van der Waals surface area contributed by atoms with Gasteiger partial charge in [0.1, 0.15) is 5.75 Å². The topological polar surface area (TPSA) is 23.5 Å². The molecule has 1 N–H and O–H groups in total. The fraction of sp³-hybridized carbons (Fsp3) is 0.368. The predicted molar refractivity (Wildman–Crippen MR) is 96.0 cm³/mol. The summed E-state index contributed by atoms with van der Waals surface area (Å²) in [7, 11) is 0.515. The fourth-order valence-corrected chi connectivity index (χ4v) is 4.22. The molecule has 0 aliphatic carbocycles. The number of hydrogen-bond acceptors (Lipinski definition) is 2. The highest BCUT2D eigenvalue weighted by atomic mass is 31.1. The first kappa shape index (κ1) is 15.5. The van der Waals surface area contributed by atoms with E-state index in [0.717, 1.165) is 11.8 Å². The average Bonchev–Trinajstić information content (AvgIpc) is 2.53. The van der Waals surface area contributed by atoms with Crippen LogP contribution in [-0.4, -0.2) is 23.1 Å². The smallest absolute Gasteiger partial charge is 0.123 e. The van der Waals surface area contributed by atoms with Crippen molar-refractivity contribution in [3.05, 3.63) is 53.6 Å². The summed E-state index contributed by atoms with van der Waals surface area (Å²) in [5, 5.41) is 12.4. The molecule has 3 rings (SSSR count). The zero-order valence-corrected chi connectivity index (χ0v) is 14.2. The van der Waals surface area contributed by atoms with E-state index in [1.165, 1.54) is 48.8 Å². The molecule has 1 saturated heterocycles. The summed E-state index contributed by atoms with van der Waals surface area (Å²) in [4.78, 5) is 2.57. The highest BCUT2D eigenvalue weighted by Crippen LogP contribution is 2.22. The molecule has 0 amide bonds. The van der Waals surface area contributed by atoms with Crippen LogP contribution in [0.1, 0.15) is 30.4 Å². The van der Waals surface area contributed by atoms with Gasteiger partial charge in [0.05, 0.1) is 0 Å². The molecule has 3 heteroatoms. The van der Waals surface area contributed by atoms with Gasteiger partial charge in [-0.25, -0.2) is 0 Å². The first-order valence-corrected chi connectivity index (χ1v) is 9.09. The Labute approximate surface area is 135 Å². The number of piperidine rings is 1. The van der Waals surface area contributed by atoms with E-state index in [1.807, 2.05) is 18.2 Å². The van der Waals surface area contributed by atoms with E-state index in [4.69, 9.17) is 0 Å². The number of nitrogens with zero attached hydrogens (tertiary/aromatic N) is 1. The van der Waals surface area contributed by atoms with Gasteiger partial charge in [-0.05, 0) is 49.8 Å². The average molecular weight is 313 g/mol. The van der Waals surface area contributed by atoms with Crippen molar-refractivity contribution in [2.24, 2.45) is 0 Å². The van der Waals surface area contributed by atoms with Crippen LogP contribution in [0.15, 0.2) is 42.5 Å². The maximum Gasteiger partial charge on any atom is 0.123 e. The lowest BCUT2D eigenvalue weighted by Gasteiger charge is -2.27. The molecule has 0 aromatic heterocycles. The number of benzene rings is 2. The second-order valence-corrected chi connectivity index (χ2v) is 7.47. The summed E-state index contributed by atoms with van der Waals surface area (Å²) in [6, 6.07) is 14.4. The summed E-state index contributed by atoms with van der Waals surface area (Å²) >= 11 is 0. The molecule has 1 aliphatic rings. The Bertz CT molecular complexity index is 635. The second-order valence-electron chi connectivity index (χ2n) is 6.14. The van der Waals surface area contributed by atoms with Gasteiger partial charge in [0.25, 0.3) is 0 Å². The third kappa shape index (κ3) is 3.88. The Balaban J connectivity index is 1.82. The molecule has 2 aromatic rings. The van der Waals surface area contributed by atoms with E-state index >= 15 is 0 Å². The molecular weight excluding hydrogens is 289 g/mol. The summed E-state index contributed by atoms with van der Waals surface area (Å²) in [6.07, 6.45) is 4.02. The first-order chi connectivity index (χ1) is 10.7. The SMILES string of the molecule is Cc1ccc(Pc2ccccc2O)c(CN2CCCCC2)c1. The molecule has 1 unspecified atom stereocenters. The zero-order chi connectivity index (χ0) is 15.4. The van der Waals surface area contributed by atoms with Crippen molar-refractivity contribution in [2.75, 3.05) is 13.1 Å². The van der Waals surface area contributed by atoms with Gasteiger partial charge in [-0.15, -0.1) is 0 Å². The van der Waals surface area contributed by atoms with Crippen LogP contribution >= 0.6 is 8.58 Å². The molecule has 22 heavy (non-hydrogen) atoms. The third-order valence-corrected chi connectivity index (χ3v) is 5.73. The lowest BCUT2D eigenvalue weighted by molar-refractivity contribution is 0.221. The minimum Gasteiger partial charge on any atom is -0.507 e. The Morgan fingerprint density at radius 1 is 1.00 bits per heavy atom. The van der Waals surface area contributed by atoms with Crippen molar-refractivity contribution >= 4 is 19.2 Å². The van der Waals surface area contributed by atoms with Crippen LogP contribution in [-0.2, 0) is 6.54 Å². The van der Waals surface area contributed by atoms with Gasteiger partial charge in [0.2, 0.25) is 0 Å². The molecule has 1 fully saturated rings. The molecule has 0 spiro atoms. The third-order valence-electron chi connectivity index (χ3n) is 4.28. The monoisotopic (exact) mass is 313 g/mol. The van der Waals surface area contributed by atoms with E-state index < -0.39 is 0 Å². The Hall–Kier alpha value is -1.37. The van der Waals surface area contributed by atoms with Gasteiger partial charge in [-0.2, -0.15) is 0 Å². The summed E-state index contributed by atoms with van der Waals surface area (Å²) < 4.78 is 0. The van der Waals surface area contributed by atoms with E-state index in [1.54, 1.807) is 6.07 Å². The van der Waals surface area contributed by atoms with E-state index in [2.05, 4.69) is 30.0 Å². The molecule has 2 aromatic carbocycles.